The second kappa shape index (κ2) is 6.83. The van der Waals surface area contributed by atoms with Crippen molar-refractivity contribution in [2.24, 2.45) is 5.73 Å². The molecule has 0 heterocycles. The predicted octanol–water partition coefficient (Wildman–Crippen LogP) is 4.44. The van der Waals surface area contributed by atoms with Crippen molar-refractivity contribution in [3.8, 4) is 16.9 Å². The van der Waals surface area contributed by atoms with E-state index in [4.69, 9.17) is 5.73 Å². The number of hydrogen-bond donors (Lipinski definition) is 1. The molecule has 0 atom stereocenters. The van der Waals surface area contributed by atoms with E-state index >= 15 is 0 Å². The third-order valence-corrected chi connectivity index (χ3v) is 2.97. The molecule has 0 spiro atoms. The lowest BCUT2D eigenvalue weighted by Crippen LogP contribution is -2.18. The van der Waals surface area contributed by atoms with Gasteiger partial charge in [0.2, 0.25) is 0 Å². The Kier molecular flexibility index (Phi) is 5.63. The maximum atomic E-state index is 12.4. The Morgan fingerprint density at radius 3 is 2.33 bits per heavy atom. The Morgan fingerprint density at radius 2 is 1.76 bits per heavy atom. The molecule has 21 heavy (non-hydrogen) atoms. The highest BCUT2D eigenvalue weighted by Gasteiger charge is 2.32. The fourth-order valence-corrected chi connectivity index (χ4v) is 2.01. The zero-order valence-corrected chi connectivity index (χ0v) is 12.1. The summed E-state index contributed by atoms with van der Waals surface area (Å²) in [6, 6.07) is 12.1. The van der Waals surface area contributed by atoms with Crippen LogP contribution in [0.25, 0.3) is 11.1 Å². The van der Waals surface area contributed by atoms with Crippen molar-refractivity contribution in [3.05, 3.63) is 53.6 Å². The van der Waals surface area contributed by atoms with E-state index in [-0.39, 0.29) is 24.7 Å². The van der Waals surface area contributed by atoms with Crippen molar-refractivity contribution in [3.63, 3.8) is 0 Å². The first-order valence-electron chi connectivity index (χ1n) is 6.05. The third-order valence-electron chi connectivity index (χ3n) is 2.97. The van der Waals surface area contributed by atoms with Crippen LogP contribution in [0.5, 0.6) is 5.75 Å². The molecule has 0 amide bonds. The monoisotopic (exact) mass is 317 g/mol. The first-order valence-corrected chi connectivity index (χ1v) is 6.05. The van der Waals surface area contributed by atoms with Crippen LogP contribution in [0.3, 0.4) is 0 Å². The van der Waals surface area contributed by atoms with Gasteiger partial charge in [-0.25, -0.2) is 0 Å². The molecule has 0 aliphatic rings. The molecule has 0 saturated heterocycles. The fraction of sp³-hybridized carbons (Fsp3) is 0.200. The van der Waals surface area contributed by atoms with E-state index < -0.39 is 6.36 Å². The van der Waals surface area contributed by atoms with Crippen LogP contribution in [-0.4, -0.2) is 6.36 Å². The molecule has 0 fully saturated rings. The van der Waals surface area contributed by atoms with E-state index in [9.17, 15) is 13.2 Å². The molecule has 2 rings (SSSR count). The number of hydrogen-bond acceptors (Lipinski definition) is 2. The van der Waals surface area contributed by atoms with Gasteiger partial charge in [0.15, 0.2) is 0 Å². The van der Waals surface area contributed by atoms with Crippen molar-refractivity contribution in [2.45, 2.75) is 19.8 Å². The molecule has 2 aromatic carbocycles. The van der Waals surface area contributed by atoms with Gasteiger partial charge in [-0.3, -0.25) is 0 Å². The molecule has 0 radical (unpaired) electrons. The lowest BCUT2D eigenvalue weighted by Gasteiger charge is -2.14. The van der Waals surface area contributed by atoms with Gasteiger partial charge in [0.05, 0.1) is 0 Å². The van der Waals surface area contributed by atoms with Crippen molar-refractivity contribution in [1.82, 2.24) is 0 Å². The van der Waals surface area contributed by atoms with E-state index in [0.717, 1.165) is 11.1 Å². The molecule has 0 bridgehead atoms. The van der Waals surface area contributed by atoms with Gasteiger partial charge in [-0.2, -0.15) is 0 Å². The van der Waals surface area contributed by atoms with E-state index in [1.54, 1.807) is 12.1 Å². The maximum absolute atomic E-state index is 12.4. The number of ether oxygens (including phenoxy) is 1. The highest BCUT2D eigenvalue weighted by molar-refractivity contribution is 5.85. The Labute approximate surface area is 127 Å². The minimum absolute atomic E-state index is 0. The van der Waals surface area contributed by atoms with Crippen molar-refractivity contribution in [2.75, 3.05) is 0 Å². The molecule has 6 heteroatoms. The molecular formula is C15H15ClF3NO. The summed E-state index contributed by atoms with van der Waals surface area (Å²) < 4.78 is 41.3. The Balaban J connectivity index is 0.00000220. The van der Waals surface area contributed by atoms with Crippen LogP contribution >= 0.6 is 12.4 Å². The first kappa shape index (κ1) is 17.3. The van der Waals surface area contributed by atoms with E-state index in [2.05, 4.69) is 4.74 Å². The topological polar surface area (TPSA) is 35.2 Å². The minimum Gasteiger partial charge on any atom is -0.405 e. The molecule has 2 nitrogen and oxygen atoms in total. The van der Waals surface area contributed by atoms with Gasteiger partial charge in [0.25, 0.3) is 0 Å². The molecule has 0 aliphatic carbocycles. The summed E-state index contributed by atoms with van der Waals surface area (Å²) >= 11 is 0. The number of halogens is 4. The summed E-state index contributed by atoms with van der Waals surface area (Å²) in [5, 5.41) is 0. The normalized spacial score (nSPS) is 10.9. The summed E-state index contributed by atoms with van der Waals surface area (Å²) in [7, 11) is 0. The first-order chi connectivity index (χ1) is 9.40. The van der Waals surface area contributed by atoms with Crippen LogP contribution < -0.4 is 10.5 Å². The van der Waals surface area contributed by atoms with Gasteiger partial charge in [0.1, 0.15) is 5.75 Å². The second-order valence-electron chi connectivity index (χ2n) is 4.39. The quantitative estimate of drug-likeness (QED) is 0.908. The number of benzene rings is 2. The Bertz CT molecular complexity index is 614. The van der Waals surface area contributed by atoms with Crippen LogP contribution in [-0.2, 0) is 6.54 Å². The summed E-state index contributed by atoms with van der Waals surface area (Å²) in [5.74, 6) is -0.249. The van der Waals surface area contributed by atoms with Crippen LogP contribution in [0, 0.1) is 6.92 Å². The van der Waals surface area contributed by atoms with Gasteiger partial charge < -0.3 is 10.5 Å². The summed E-state index contributed by atoms with van der Waals surface area (Å²) in [6.07, 6.45) is -4.73. The summed E-state index contributed by atoms with van der Waals surface area (Å²) in [4.78, 5) is 0. The summed E-state index contributed by atoms with van der Waals surface area (Å²) in [5.41, 5.74) is 8.27. The van der Waals surface area contributed by atoms with Gasteiger partial charge in [-0.1, -0.05) is 36.4 Å². The second-order valence-corrected chi connectivity index (χ2v) is 4.39. The zero-order chi connectivity index (χ0) is 14.8. The van der Waals surface area contributed by atoms with Crippen molar-refractivity contribution >= 4 is 12.4 Å². The zero-order valence-electron chi connectivity index (χ0n) is 11.3. The lowest BCUT2D eigenvalue weighted by atomic mass is 9.99. The molecule has 114 valence electrons. The van der Waals surface area contributed by atoms with Crippen LogP contribution in [0.1, 0.15) is 11.1 Å². The van der Waals surface area contributed by atoms with Crippen LogP contribution in [0.2, 0.25) is 0 Å². The highest BCUT2D eigenvalue weighted by Crippen LogP contribution is 2.32. The smallest absolute Gasteiger partial charge is 0.405 e. The van der Waals surface area contributed by atoms with Gasteiger partial charge in [-0.15, -0.1) is 25.6 Å². The molecule has 2 N–H and O–H groups in total. The minimum atomic E-state index is -4.73. The van der Waals surface area contributed by atoms with Crippen LogP contribution in [0.15, 0.2) is 42.5 Å². The molecule has 0 aliphatic heterocycles. The third kappa shape index (κ3) is 4.37. The van der Waals surface area contributed by atoms with Gasteiger partial charge in [0, 0.05) is 12.1 Å². The Hall–Kier alpha value is -1.72. The molecule has 2 aromatic rings. The van der Waals surface area contributed by atoms with E-state index in [1.807, 2.05) is 31.2 Å². The SMILES string of the molecule is Cc1ccccc1-c1ccc(CN)c(OC(F)(F)F)c1.Cl. The lowest BCUT2D eigenvalue weighted by molar-refractivity contribution is -0.274. The van der Waals surface area contributed by atoms with Crippen molar-refractivity contribution in [1.29, 1.82) is 0 Å². The molecule has 0 aromatic heterocycles. The van der Waals surface area contributed by atoms with Gasteiger partial charge in [-0.05, 0) is 29.7 Å². The predicted molar refractivity (Wildman–Crippen MR) is 78.4 cm³/mol. The van der Waals surface area contributed by atoms with Gasteiger partial charge >= 0.3 is 6.36 Å². The largest absolute Gasteiger partial charge is 0.573 e. The van der Waals surface area contributed by atoms with E-state index in [0.29, 0.717) is 11.1 Å². The number of nitrogens with two attached hydrogens (primary N) is 1. The fourth-order valence-electron chi connectivity index (χ4n) is 2.01. The van der Waals surface area contributed by atoms with Crippen LogP contribution in [0.4, 0.5) is 13.2 Å². The highest BCUT2D eigenvalue weighted by atomic mass is 35.5. The van der Waals surface area contributed by atoms with Crippen molar-refractivity contribution < 1.29 is 17.9 Å². The van der Waals surface area contributed by atoms with E-state index in [1.165, 1.54) is 6.07 Å². The molecular weight excluding hydrogens is 303 g/mol. The number of alkyl halides is 3. The Morgan fingerprint density at radius 1 is 1.10 bits per heavy atom. The summed E-state index contributed by atoms with van der Waals surface area (Å²) in [6.45, 7) is 1.88. The molecule has 0 unspecified atom stereocenters. The average Bonchev–Trinajstić information content (AvgIpc) is 2.37. The molecule has 0 saturated carbocycles. The number of aryl methyl sites for hydroxylation is 1. The maximum Gasteiger partial charge on any atom is 0.573 e. The average molecular weight is 318 g/mol. The number of rotatable bonds is 3. The standard InChI is InChI=1S/C15H14F3NO.ClH/c1-10-4-2-3-5-13(10)11-6-7-12(9-19)14(8-11)20-15(16,17)18;/h2-8H,9,19H2,1H3;1H.